The van der Waals surface area contributed by atoms with Crippen LogP contribution in [0.3, 0.4) is 0 Å². The van der Waals surface area contributed by atoms with Crippen molar-refractivity contribution in [2.24, 2.45) is 0 Å². The summed E-state index contributed by atoms with van der Waals surface area (Å²) in [5, 5.41) is 0. The summed E-state index contributed by atoms with van der Waals surface area (Å²) in [5.74, 6) is 1.08. The summed E-state index contributed by atoms with van der Waals surface area (Å²) in [4.78, 5) is 10.7. The summed E-state index contributed by atoms with van der Waals surface area (Å²) in [6, 6.07) is 6.65. The van der Waals surface area contributed by atoms with Gasteiger partial charge in [-0.05, 0) is 25.5 Å². The molecule has 0 amide bonds. The van der Waals surface area contributed by atoms with Crippen molar-refractivity contribution in [2.45, 2.75) is 24.3 Å². The van der Waals surface area contributed by atoms with E-state index in [-0.39, 0.29) is 10.9 Å². The summed E-state index contributed by atoms with van der Waals surface area (Å²) < 4.78 is 33.0. The number of hydrogen-bond acceptors (Lipinski definition) is 6. The quantitative estimate of drug-likeness (QED) is 0.878. The first-order chi connectivity index (χ1) is 11.5. The average Bonchev–Trinajstić information content (AvgIpc) is 3.02. The van der Waals surface area contributed by atoms with Crippen molar-refractivity contribution in [1.82, 2.24) is 14.7 Å². The van der Waals surface area contributed by atoms with E-state index in [0.29, 0.717) is 31.2 Å². The Hall–Kier alpha value is -2.19. The van der Waals surface area contributed by atoms with Crippen molar-refractivity contribution in [3.8, 4) is 5.88 Å². The fraction of sp³-hybridized carbons (Fsp3) is 0.375. The molecule has 1 N–H and O–H groups in total. The van der Waals surface area contributed by atoms with E-state index < -0.39 is 10.0 Å². The van der Waals surface area contributed by atoms with E-state index in [1.807, 2.05) is 11.8 Å². The third-order valence-corrected chi connectivity index (χ3v) is 5.52. The van der Waals surface area contributed by atoms with Gasteiger partial charge in [0.1, 0.15) is 0 Å². The van der Waals surface area contributed by atoms with E-state index in [1.54, 1.807) is 43.8 Å². The normalized spacial score (nSPS) is 17.9. The number of aromatic nitrogens is 2. The van der Waals surface area contributed by atoms with Crippen LogP contribution in [0.25, 0.3) is 0 Å². The highest BCUT2D eigenvalue weighted by atomic mass is 32.2. The number of nitrogens with one attached hydrogen (secondary N) is 1. The maximum absolute atomic E-state index is 12.5. The minimum atomic E-state index is -3.53. The van der Waals surface area contributed by atoms with Crippen LogP contribution in [0.15, 0.2) is 41.6 Å². The van der Waals surface area contributed by atoms with Crippen molar-refractivity contribution in [3.05, 3.63) is 42.2 Å². The largest absolute Gasteiger partial charge is 0.478 e. The molecule has 1 aromatic heterocycles. The Morgan fingerprint density at radius 3 is 2.62 bits per heavy atom. The number of ether oxygens (including phenoxy) is 1. The summed E-state index contributed by atoms with van der Waals surface area (Å²) in [5.41, 5.74) is 1.02. The zero-order valence-electron chi connectivity index (χ0n) is 13.6. The summed E-state index contributed by atoms with van der Waals surface area (Å²) in [6.07, 6.45) is 3.86. The maximum atomic E-state index is 12.5. The van der Waals surface area contributed by atoms with Gasteiger partial charge in [0.15, 0.2) is 5.82 Å². The highest BCUT2D eigenvalue weighted by Crippen LogP contribution is 2.26. The van der Waals surface area contributed by atoms with Crippen LogP contribution in [0.2, 0.25) is 0 Å². The highest BCUT2D eigenvalue weighted by Gasteiger charge is 2.29. The second-order valence-electron chi connectivity index (χ2n) is 5.76. The number of rotatable bonds is 5. The molecule has 1 aromatic carbocycles. The molecule has 2 heterocycles. The van der Waals surface area contributed by atoms with Crippen LogP contribution in [0.1, 0.15) is 12.0 Å². The average molecular weight is 348 g/mol. The minimum absolute atomic E-state index is 0.178. The lowest BCUT2D eigenvalue weighted by Crippen LogP contribution is -2.37. The zero-order valence-corrected chi connectivity index (χ0v) is 14.5. The van der Waals surface area contributed by atoms with E-state index in [9.17, 15) is 8.42 Å². The van der Waals surface area contributed by atoms with E-state index in [4.69, 9.17) is 4.74 Å². The standard InChI is InChI=1S/C16H20N4O3S/c1-12-3-5-14(6-4-12)24(21,22)19-13-7-10-20(11-13)15-16(23-2)18-9-8-17-15/h3-6,8-9,13,19H,7,10-11H2,1-2H3/t13-/m0/s1. The van der Waals surface area contributed by atoms with Gasteiger partial charge in [-0.25, -0.2) is 23.1 Å². The van der Waals surface area contributed by atoms with Gasteiger partial charge in [-0.3, -0.25) is 0 Å². The van der Waals surface area contributed by atoms with Crippen molar-refractivity contribution >= 4 is 15.8 Å². The fourth-order valence-electron chi connectivity index (χ4n) is 2.73. The van der Waals surface area contributed by atoms with Crippen LogP contribution < -0.4 is 14.4 Å². The summed E-state index contributed by atoms with van der Waals surface area (Å²) in [7, 11) is -1.98. The lowest BCUT2D eigenvalue weighted by atomic mass is 10.2. The predicted octanol–water partition coefficient (Wildman–Crippen LogP) is 1.35. The number of aryl methyl sites for hydroxylation is 1. The van der Waals surface area contributed by atoms with E-state index in [2.05, 4.69) is 14.7 Å². The van der Waals surface area contributed by atoms with Crippen LogP contribution in [0, 0.1) is 6.92 Å². The first-order valence-corrected chi connectivity index (χ1v) is 9.17. The Morgan fingerprint density at radius 2 is 1.92 bits per heavy atom. The number of hydrogen-bond donors (Lipinski definition) is 1. The van der Waals surface area contributed by atoms with Crippen molar-refractivity contribution in [3.63, 3.8) is 0 Å². The molecule has 0 unspecified atom stereocenters. The van der Waals surface area contributed by atoms with Crippen molar-refractivity contribution in [2.75, 3.05) is 25.1 Å². The van der Waals surface area contributed by atoms with Crippen molar-refractivity contribution in [1.29, 1.82) is 0 Å². The van der Waals surface area contributed by atoms with Crippen molar-refractivity contribution < 1.29 is 13.2 Å². The van der Waals surface area contributed by atoms with Gasteiger partial charge in [0.2, 0.25) is 10.0 Å². The molecule has 128 valence electrons. The second-order valence-corrected chi connectivity index (χ2v) is 7.47. The lowest BCUT2D eigenvalue weighted by molar-refractivity contribution is 0.396. The first-order valence-electron chi connectivity index (χ1n) is 7.68. The van der Waals surface area contributed by atoms with E-state index >= 15 is 0 Å². The second kappa shape index (κ2) is 6.74. The van der Waals surface area contributed by atoms with Crippen LogP contribution in [0.4, 0.5) is 5.82 Å². The Bertz CT molecular complexity index is 808. The van der Waals surface area contributed by atoms with Gasteiger partial charge >= 0.3 is 0 Å². The molecule has 7 nitrogen and oxygen atoms in total. The van der Waals surface area contributed by atoms with E-state index in [1.165, 1.54) is 0 Å². The molecule has 1 aliphatic rings. The number of nitrogens with zero attached hydrogens (tertiary/aromatic N) is 3. The topological polar surface area (TPSA) is 84.4 Å². The lowest BCUT2D eigenvalue weighted by Gasteiger charge is -2.19. The monoisotopic (exact) mass is 348 g/mol. The molecule has 0 bridgehead atoms. The smallest absolute Gasteiger partial charge is 0.257 e. The van der Waals surface area contributed by atoms with Gasteiger partial charge in [-0.15, -0.1) is 0 Å². The predicted molar refractivity (Wildman–Crippen MR) is 90.7 cm³/mol. The summed E-state index contributed by atoms with van der Waals surface area (Å²) >= 11 is 0. The van der Waals surface area contributed by atoms with Crippen LogP contribution >= 0.6 is 0 Å². The zero-order chi connectivity index (χ0) is 17.2. The fourth-order valence-corrected chi connectivity index (χ4v) is 3.99. The van der Waals surface area contributed by atoms with Crippen LogP contribution in [-0.4, -0.2) is 44.6 Å². The third kappa shape index (κ3) is 3.49. The SMILES string of the molecule is COc1nccnc1N1CC[C@H](NS(=O)(=O)c2ccc(C)cc2)C1. The Labute approximate surface area is 141 Å². The molecule has 1 atom stereocenters. The summed E-state index contributed by atoms with van der Waals surface area (Å²) in [6.45, 7) is 3.14. The molecular formula is C16H20N4O3S. The molecule has 1 fully saturated rings. The molecular weight excluding hydrogens is 328 g/mol. The molecule has 0 saturated carbocycles. The van der Waals surface area contributed by atoms with Gasteiger partial charge in [-0.2, -0.15) is 0 Å². The molecule has 0 spiro atoms. The Morgan fingerprint density at radius 1 is 1.21 bits per heavy atom. The van der Waals surface area contributed by atoms with Gasteiger partial charge in [0, 0.05) is 31.5 Å². The van der Waals surface area contributed by atoms with Crippen LogP contribution in [0.5, 0.6) is 5.88 Å². The number of sulfonamides is 1. The number of anilines is 1. The van der Waals surface area contributed by atoms with E-state index in [0.717, 1.165) is 5.56 Å². The molecule has 0 radical (unpaired) electrons. The Balaban J connectivity index is 1.71. The molecule has 24 heavy (non-hydrogen) atoms. The van der Waals surface area contributed by atoms with Crippen LogP contribution in [-0.2, 0) is 10.0 Å². The number of benzene rings is 1. The van der Waals surface area contributed by atoms with Gasteiger partial charge in [0.25, 0.3) is 5.88 Å². The third-order valence-electron chi connectivity index (χ3n) is 3.98. The molecule has 1 saturated heterocycles. The Kier molecular flexibility index (Phi) is 4.68. The minimum Gasteiger partial charge on any atom is -0.478 e. The molecule has 8 heteroatoms. The molecule has 0 aliphatic carbocycles. The molecule has 2 aromatic rings. The van der Waals surface area contributed by atoms with Gasteiger partial charge < -0.3 is 9.64 Å². The number of methoxy groups -OCH3 is 1. The molecule has 3 rings (SSSR count). The first kappa shape index (κ1) is 16.7. The maximum Gasteiger partial charge on any atom is 0.257 e. The highest BCUT2D eigenvalue weighted by molar-refractivity contribution is 7.89. The van der Waals surface area contributed by atoms with Gasteiger partial charge in [0.05, 0.1) is 12.0 Å². The molecule has 1 aliphatic heterocycles. The van der Waals surface area contributed by atoms with Gasteiger partial charge in [-0.1, -0.05) is 17.7 Å².